The maximum atomic E-state index is 14.7. The third-order valence-electron chi connectivity index (χ3n) is 4.99. The SMILES string of the molecule is Cc1cc(Nc2nc(N[C@H](CCCCC(N)=O)[C@H](C)N)c(F)cc2C(N)=O)cnc1C. The number of rotatable bonds is 11. The number of unbranched alkanes of at least 4 members (excludes halogenated alkanes) is 1. The van der Waals surface area contributed by atoms with E-state index in [0.29, 0.717) is 24.9 Å². The van der Waals surface area contributed by atoms with Gasteiger partial charge in [0.2, 0.25) is 5.91 Å². The molecule has 2 atom stereocenters. The molecule has 2 aromatic rings. The summed E-state index contributed by atoms with van der Waals surface area (Å²) in [5, 5.41) is 6.01. The van der Waals surface area contributed by atoms with Gasteiger partial charge in [-0.15, -0.1) is 0 Å². The Morgan fingerprint density at radius 1 is 1.16 bits per heavy atom. The van der Waals surface area contributed by atoms with Crippen LogP contribution in [0.5, 0.6) is 0 Å². The first kappa shape index (κ1) is 24.0. The summed E-state index contributed by atoms with van der Waals surface area (Å²) in [4.78, 5) is 31.3. The van der Waals surface area contributed by atoms with Crippen molar-refractivity contribution in [2.24, 2.45) is 17.2 Å². The van der Waals surface area contributed by atoms with E-state index >= 15 is 0 Å². The van der Waals surface area contributed by atoms with Crippen molar-refractivity contribution in [3.63, 3.8) is 0 Å². The summed E-state index contributed by atoms with van der Waals surface area (Å²) in [5.74, 6) is -1.84. The molecule has 2 amide bonds. The molecule has 2 rings (SSSR count). The standard InChI is InChI=1S/C21H30FN7O2/c1-11-8-14(10-26-13(11)3)27-20-15(19(25)31)9-16(22)21(29-20)28-17(12(2)23)6-4-5-7-18(24)30/h8-10,12,17H,4-7,23H2,1-3H3,(H2,24,30)(H2,25,31)(H2,27,28,29)/t12-,17+/m0/s1. The van der Waals surface area contributed by atoms with Gasteiger partial charge in [0, 0.05) is 24.2 Å². The highest BCUT2D eigenvalue weighted by molar-refractivity contribution is 5.98. The van der Waals surface area contributed by atoms with Gasteiger partial charge in [0.25, 0.3) is 5.91 Å². The number of aromatic nitrogens is 2. The van der Waals surface area contributed by atoms with E-state index in [0.717, 1.165) is 17.3 Å². The Kier molecular flexibility index (Phi) is 8.26. The van der Waals surface area contributed by atoms with Crippen LogP contribution in [0.2, 0.25) is 0 Å². The number of carbonyl (C=O) groups is 2. The Hall–Kier alpha value is -3.27. The molecule has 0 aliphatic rings. The second-order valence-corrected chi connectivity index (χ2v) is 7.65. The zero-order valence-electron chi connectivity index (χ0n) is 18.0. The van der Waals surface area contributed by atoms with Gasteiger partial charge in [-0.3, -0.25) is 14.6 Å². The molecule has 168 valence electrons. The zero-order chi connectivity index (χ0) is 23.1. The summed E-state index contributed by atoms with van der Waals surface area (Å²) >= 11 is 0. The first-order chi connectivity index (χ1) is 14.6. The monoisotopic (exact) mass is 431 g/mol. The Balaban J connectivity index is 2.27. The lowest BCUT2D eigenvalue weighted by Crippen LogP contribution is -2.38. The van der Waals surface area contributed by atoms with E-state index in [1.165, 1.54) is 0 Å². The number of carbonyl (C=O) groups excluding carboxylic acids is 2. The minimum atomic E-state index is -0.813. The van der Waals surface area contributed by atoms with Crippen molar-refractivity contribution in [1.82, 2.24) is 9.97 Å². The predicted molar refractivity (Wildman–Crippen MR) is 118 cm³/mol. The van der Waals surface area contributed by atoms with E-state index in [-0.39, 0.29) is 41.6 Å². The van der Waals surface area contributed by atoms with E-state index in [1.54, 1.807) is 13.1 Å². The van der Waals surface area contributed by atoms with Crippen LogP contribution in [-0.2, 0) is 4.79 Å². The molecule has 0 aromatic carbocycles. The molecule has 0 radical (unpaired) electrons. The lowest BCUT2D eigenvalue weighted by atomic mass is 10.0. The smallest absolute Gasteiger partial charge is 0.252 e. The maximum Gasteiger partial charge on any atom is 0.252 e. The van der Waals surface area contributed by atoms with Crippen LogP contribution in [0.25, 0.3) is 0 Å². The Bertz CT molecular complexity index is 950. The van der Waals surface area contributed by atoms with Crippen molar-refractivity contribution in [3.05, 3.63) is 41.0 Å². The number of nitrogens with two attached hydrogens (primary N) is 3. The van der Waals surface area contributed by atoms with Crippen LogP contribution in [0.15, 0.2) is 18.3 Å². The first-order valence-electron chi connectivity index (χ1n) is 10.1. The summed E-state index contributed by atoms with van der Waals surface area (Å²) in [5.41, 5.74) is 18.9. The average Bonchev–Trinajstić information content (AvgIpc) is 2.68. The molecular formula is C21H30FN7O2. The van der Waals surface area contributed by atoms with Crippen molar-refractivity contribution in [2.75, 3.05) is 10.6 Å². The minimum Gasteiger partial charge on any atom is -0.370 e. The van der Waals surface area contributed by atoms with E-state index in [4.69, 9.17) is 17.2 Å². The summed E-state index contributed by atoms with van der Waals surface area (Å²) < 4.78 is 14.7. The van der Waals surface area contributed by atoms with E-state index in [2.05, 4.69) is 20.6 Å². The molecule has 31 heavy (non-hydrogen) atoms. The molecule has 2 aromatic heterocycles. The van der Waals surface area contributed by atoms with Crippen LogP contribution in [0.4, 0.5) is 21.7 Å². The molecular weight excluding hydrogens is 401 g/mol. The number of hydrogen-bond donors (Lipinski definition) is 5. The van der Waals surface area contributed by atoms with Crippen LogP contribution in [-0.4, -0.2) is 33.9 Å². The number of nitrogens with one attached hydrogen (secondary N) is 2. The van der Waals surface area contributed by atoms with Crippen molar-refractivity contribution in [2.45, 2.75) is 58.5 Å². The minimum absolute atomic E-state index is 0.0542. The molecule has 10 heteroatoms. The Morgan fingerprint density at radius 3 is 2.45 bits per heavy atom. The molecule has 0 saturated heterocycles. The summed E-state index contributed by atoms with van der Waals surface area (Å²) in [6.45, 7) is 5.57. The van der Waals surface area contributed by atoms with Gasteiger partial charge in [0.15, 0.2) is 11.6 Å². The van der Waals surface area contributed by atoms with Crippen molar-refractivity contribution in [3.8, 4) is 0 Å². The van der Waals surface area contributed by atoms with Gasteiger partial charge in [-0.1, -0.05) is 6.42 Å². The quantitative estimate of drug-likeness (QED) is 0.341. The zero-order valence-corrected chi connectivity index (χ0v) is 18.0. The second-order valence-electron chi connectivity index (χ2n) is 7.65. The number of hydrogen-bond acceptors (Lipinski definition) is 7. The maximum absolute atomic E-state index is 14.7. The van der Waals surface area contributed by atoms with Crippen LogP contribution in [0.1, 0.15) is 54.2 Å². The molecule has 0 unspecified atom stereocenters. The Morgan fingerprint density at radius 2 is 1.87 bits per heavy atom. The molecule has 2 heterocycles. The molecule has 0 bridgehead atoms. The summed E-state index contributed by atoms with van der Waals surface area (Å²) in [6, 6.07) is 2.27. The highest BCUT2D eigenvalue weighted by atomic mass is 19.1. The average molecular weight is 432 g/mol. The summed E-state index contributed by atoms with van der Waals surface area (Å²) in [6.07, 6.45) is 3.76. The van der Waals surface area contributed by atoms with Crippen LogP contribution >= 0.6 is 0 Å². The lowest BCUT2D eigenvalue weighted by molar-refractivity contribution is -0.118. The van der Waals surface area contributed by atoms with Crippen LogP contribution < -0.4 is 27.8 Å². The van der Waals surface area contributed by atoms with E-state index in [1.807, 2.05) is 19.9 Å². The highest BCUT2D eigenvalue weighted by Gasteiger charge is 2.20. The number of halogens is 1. The van der Waals surface area contributed by atoms with E-state index < -0.39 is 11.7 Å². The second kappa shape index (κ2) is 10.7. The number of aryl methyl sites for hydroxylation is 2. The number of amides is 2. The third kappa shape index (κ3) is 6.88. The van der Waals surface area contributed by atoms with E-state index in [9.17, 15) is 14.0 Å². The fourth-order valence-corrected chi connectivity index (χ4v) is 3.03. The molecule has 0 aliphatic carbocycles. The van der Waals surface area contributed by atoms with Crippen LogP contribution in [0.3, 0.4) is 0 Å². The number of nitrogens with zero attached hydrogens (tertiary/aromatic N) is 2. The van der Waals surface area contributed by atoms with Gasteiger partial charge in [-0.25, -0.2) is 9.37 Å². The molecule has 0 spiro atoms. The van der Waals surface area contributed by atoms with Gasteiger partial charge in [-0.05, 0) is 51.3 Å². The number of pyridine rings is 2. The molecule has 9 nitrogen and oxygen atoms in total. The topological polar surface area (TPSA) is 162 Å². The third-order valence-corrected chi connectivity index (χ3v) is 4.99. The lowest BCUT2D eigenvalue weighted by Gasteiger charge is -2.24. The number of primary amides is 2. The highest BCUT2D eigenvalue weighted by Crippen LogP contribution is 2.25. The van der Waals surface area contributed by atoms with Crippen molar-refractivity contribution < 1.29 is 14.0 Å². The molecule has 0 saturated carbocycles. The Labute approximate surface area is 181 Å². The van der Waals surface area contributed by atoms with Gasteiger partial charge >= 0.3 is 0 Å². The fraction of sp³-hybridized carbons (Fsp3) is 0.429. The number of anilines is 3. The van der Waals surface area contributed by atoms with Crippen molar-refractivity contribution >= 4 is 29.1 Å². The molecule has 0 fully saturated rings. The fourth-order valence-electron chi connectivity index (χ4n) is 3.03. The first-order valence-corrected chi connectivity index (χ1v) is 10.1. The summed E-state index contributed by atoms with van der Waals surface area (Å²) in [7, 11) is 0. The largest absolute Gasteiger partial charge is 0.370 e. The van der Waals surface area contributed by atoms with Gasteiger partial charge < -0.3 is 27.8 Å². The predicted octanol–water partition coefficient (Wildman–Crippen LogP) is 2.25. The van der Waals surface area contributed by atoms with Crippen molar-refractivity contribution in [1.29, 1.82) is 0 Å². The van der Waals surface area contributed by atoms with Gasteiger partial charge in [0.1, 0.15) is 5.82 Å². The van der Waals surface area contributed by atoms with Gasteiger partial charge in [-0.2, -0.15) is 0 Å². The molecule has 0 aliphatic heterocycles. The molecule has 8 N–H and O–H groups in total. The normalized spacial score (nSPS) is 12.8. The van der Waals surface area contributed by atoms with Gasteiger partial charge in [0.05, 0.1) is 17.4 Å². The van der Waals surface area contributed by atoms with Crippen LogP contribution in [0, 0.1) is 19.7 Å².